The zero-order valence-electron chi connectivity index (χ0n) is 14.4. The maximum absolute atomic E-state index is 13.1. The number of fused-ring (bicyclic) bond motifs is 5. The summed E-state index contributed by atoms with van der Waals surface area (Å²) in [5, 5.41) is 9.48. The van der Waals surface area contributed by atoms with E-state index in [9.17, 15) is 14.7 Å². The molecule has 2 aromatic rings. The van der Waals surface area contributed by atoms with Crippen LogP contribution in [0.15, 0.2) is 36.4 Å². The fourth-order valence-corrected chi connectivity index (χ4v) is 4.13. The zero-order valence-corrected chi connectivity index (χ0v) is 14.4. The summed E-state index contributed by atoms with van der Waals surface area (Å²) >= 11 is 0. The number of rotatable bonds is 2. The molecule has 4 rings (SSSR count). The summed E-state index contributed by atoms with van der Waals surface area (Å²) < 4.78 is 5.34. The number of aromatic carboxylic acids is 1. The number of hydrogen-bond donors (Lipinski definition) is 1. The highest BCUT2D eigenvalue weighted by Crippen LogP contribution is 2.53. The highest BCUT2D eigenvalue weighted by molar-refractivity contribution is 6.16. The van der Waals surface area contributed by atoms with E-state index in [0.29, 0.717) is 5.56 Å². The molecule has 0 saturated heterocycles. The lowest BCUT2D eigenvalue weighted by Gasteiger charge is -2.42. The summed E-state index contributed by atoms with van der Waals surface area (Å²) in [5.74, 6) is -0.556. The van der Waals surface area contributed by atoms with Crippen LogP contribution in [0.2, 0.25) is 0 Å². The summed E-state index contributed by atoms with van der Waals surface area (Å²) in [6.45, 7) is 4.29. The molecule has 0 radical (unpaired) electrons. The lowest BCUT2D eigenvalue weighted by Crippen LogP contribution is -2.39. The summed E-state index contributed by atoms with van der Waals surface area (Å²) in [5.41, 5.74) is 2.91. The van der Waals surface area contributed by atoms with Gasteiger partial charge < -0.3 is 14.7 Å². The molecule has 0 bridgehead atoms. The van der Waals surface area contributed by atoms with Crippen LogP contribution in [0.5, 0.6) is 5.75 Å². The number of anilines is 1. The number of amides is 1. The van der Waals surface area contributed by atoms with Crippen LogP contribution in [0.3, 0.4) is 0 Å². The van der Waals surface area contributed by atoms with Crippen LogP contribution < -0.4 is 9.64 Å². The first kappa shape index (κ1) is 15.7. The Kier molecular flexibility index (Phi) is 3.19. The lowest BCUT2D eigenvalue weighted by atomic mass is 9.74. The van der Waals surface area contributed by atoms with E-state index in [1.165, 1.54) is 6.07 Å². The predicted octanol–water partition coefficient (Wildman–Crippen LogP) is 3.78. The Balaban J connectivity index is 1.95. The van der Waals surface area contributed by atoms with Gasteiger partial charge >= 0.3 is 5.97 Å². The first-order valence-corrected chi connectivity index (χ1v) is 8.23. The quantitative estimate of drug-likeness (QED) is 0.906. The second-order valence-corrected chi connectivity index (χ2v) is 7.24. The molecule has 2 aromatic carbocycles. The molecule has 2 aliphatic heterocycles. The number of carboxylic acid groups (broad SMARTS) is 1. The SMILES string of the molecule is COc1ccc2c(c1)C(C)(C)CC1c3cccc(C(=O)O)c3C(=O)N21. The Morgan fingerprint density at radius 2 is 2.04 bits per heavy atom. The standard InChI is InChI=1S/C20H19NO4/c1-20(2)10-16-12-5-4-6-13(19(23)24)17(12)18(22)21(16)15-8-7-11(25-3)9-14(15)20/h4-9,16H,10H2,1-3H3,(H,23,24). The minimum Gasteiger partial charge on any atom is -0.497 e. The van der Waals surface area contributed by atoms with Gasteiger partial charge in [0.05, 0.1) is 24.3 Å². The summed E-state index contributed by atoms with van der Waals surface area (Å²) in [6, 6.07) is 10.7. The minimum absolute atomic E-state index is 0.0739. The van der Waals surface area contributed by atoms with Crippen molar-refractivity contribution in [3.8, 4) is 5.75 Å². The van der Waals surface area contributed by atoms with Crippen LogP contribution in [0.25, 0.3) is 0 Å². The van der Waals surface area contributed by atoms with Gasteiger partial charge in [0, 0.05) is 5.69 Å². The van der Waals surface area contributed by atoms with Crippen molar-refractivity contribution in [2.24, 2.45) is 0 Å². The van der Waals surface area contributed by atoms with Crippen molar-refractivity contribution >= 4 is 17.6 Å². The summed E-state index contributed by atoms with van der Waals surface area (Å²) in [7, 11) is 1.62. The third kappa shape index (κ3) is 2.08. The molecule has 0 spiro atoms. The van der Waals surface area contributed by atoms with Gasteiger partial charge in [0.25, 0.3) is 5.91 Å². The molecule has 5 heteroatoms. The molecule has 2 heterocycles. The molecule has 0 aliphatic carbocycles. The topological polar surface area (TPSA) is 66.8 Å². The van der Waals surface area contributed by atoms with Gasteiger partial charge in [0.15, 0.2) is 0 Å². The molecule has 0 aromatic heterocycles. The maximum atomic E-state index is 13.1. The van der Waals surface area contributed by atoms with Crippen LogP contribution in [-0.2, 0) is 5.41 Å². The Hall–Kier alpha value is -2.82. The van der Waals surface area contributed by atoms with Crippen LogP contribution >= 0.6 is 0 Å². The van der Waals surface area contributed by atoms with Crippen molar-refractivity contribution in [3.63, 3.8) is 0 Å². The first-order chi connectivity index (χ1) is 11.8. The van der Waals surface area contributed by atoms with Gasteiger partial charge in [-0.3, -0.25) is 4.79 Å². The molecule has 5 nitrogen and oxygen atoms in total. The van der Waals surface area contributed by atoms with E-state index in [2.05, 4.69) is 13.8 Å². The first-order valence-electron chi connectivity index (χ1n) is 8.23. The molecule has 1 amide bonds. The van der Waals surface area contributed by atoms with Crippen molar-refractivity contribution in [1.82, 2.24) is 0 Å². The minimum atomic E-state index is -1.07. The van der Waals surface area contributed by atoms with Crippen molar-refractivity contribution in [2.45, 2.75) is 31.7 Å². The third-order valence-corrected chi connectivity index (χ3v) is 5.33. The number of hydrogen-bond acceptors (Lipinski definition) is 3. The number of carboxylic acids is 1. The highest BCUT2D eigenvalue weighted by atomic mass is 16.5. The van der Waals surface area contributed by atoms with Crippen molar-refractivity contribution in [2.75, 3.05) is 12.0 Å². The Bertz CT molecular complexity index is 916. The Morgan fingerprint density at radius 3 is 2.72 bits per heavy atom. The molecule has 25 heavy (non-hydrogen) atoms. The van der Waals surface area contributed by atoms with Crippen molar-refractivity contribution in [3.05, 3.63) is 58.7 Å². The van der Waals surface area contributed by atoms with Gasteiger partial charge in [0.1, 0.15) is 5.75 Å². The van der Waals surface area contributed by atoms with E-state index in [-0.39, 0.29) is 22.9 Å². The van der Waals surface area contributed by atoms with E-state index >= 15 is 0 Å². The fraction of sp³-hybridized carbons (Fsp3) is 0.300. The smallest absolute Gasteiger partial charge is 0.336 e. The molecule has 1 N–H and O–H groups in total. The van der Waals surface area contributed by atoms with Gasteiger partial charge in [-0.15, -0.1) is 0 Å². The normalized spacial score (nSPS) is 19.9. The second-order valence-electron chi connectivity index (χ2n) is 7.24. The number of ether oxygens (including phenoxy) is 1. The molecular weight excluding hydrogens is 318 g/mol. The number of methoxy groups -OCH3 is 1. The predicted molar refractivity (Wildman–Crippen MR) is 93.6 cm³/mol. The van der Waals surface area contributed by atoms with Gasteiger partial charge in [-0.05, 0) is 47.2 Å². The number of carbonyl (C=O) groups is 2. The van der Waals surface area contributed by atoms with Crippen molar-refractivity contribution < 1.29 is 19.4 Å². The van der Waals surface area contributed by atoms with Crippen LogP contribution in [-0.4, -0.2) is 24.1 Å². The molecule has 1 unspecified atom stereocenters. The van der Waals surface area contributed by atoms with Crippen molar-refractivity contribution in [1.29, 1.82) is 0 Å². The van der Waals surface area contributed by atoms with Crippen LogP contribution in [0.1, 0.15) is 58.2 Å². The average molecular weight is 337 g/mol. The molecule has 0 saturated carbocycles. The van der Waals surface area contributed by atoms with Gasteiger partial charge in [-0.25, -0.2) is 4.79 Å². The van der Waals surface area contributed by atoms with Crippen LogP contribution in [0.4, 0.5) is 5.69 Å². The summed E-state index contributed by atoms with van der Waals surface area (Å²) in [4.78, 5) is 26.4. The van der Waals surface area contributed by atoms with Gasteiger partial charge in [0.2, 0.25) is 0 Å². The molecule has 2 aliphatic rings. The van der Waals surface area contributed by atoms with Crippen LogP contribution in [0, 0.1) is 0 Å². The number of carbonyl (C=O) groups excluding carboxylic acids is 1. The molecule has 0 fully saturated rings. The number of benzene rings is 2. The molecular formula is C20H19NO4. The van der Waals surface area contributed by atoms with Gasteiger partial charge in [-0.2, -0.15) is 0 Å². The lowest BCUT2D eigenvalue weighted by molar-refractivity contribution is 0.0692. The monoisotopic (exact) mass is 337 g/mol. The van der Waals surface area contributed by atoms with Gasteiger partial charge in [-0.1, -0.05) is 26.0 Å². The maximum Gasteiger partial charge on any atom is 0.336 e. The summed E-state index contributed by atoms with van der Waals surface area (Å²) in [6.07, 6.45) is 0.731. The average Bonchev–Trinajstić information content (AvgIpc) is 2.86. The third-order valence-electron chi connectivity index (χ3n) is 5.33. The Labute approximate surface area is 145 Å². The van der Waals surface area contributed by atoms with E-state index in [4.69, 9.17) is 4.74 Å². The van der Waals surface area contributed by atoms with E-state index < -0.39 is 5.97 Å². The van der Waals surface area contributed by atoms with E-state index in [1.54, 1.807) is 18.1 Å². The zero-order chi connectivity index (χ0) is 17.9. The van der Waals surface area contributed by atoms with E-state index in [1.807, 2.05) is 24.3 Å². The largest absolute Gasteiger partial charge is 0.497 e. The highest BCUT2D eigenvalue weighted by Gasteiger charge is 2.47. The Morgan fingerprint density at radius 1 is 1.28 bits per heavy atom. The molecule has 128 valence electrons. The second kappa shape index (κ2) is 5.09. The van der Waals surface area contributed by atoms with E-state index in [0.717, 1.165) is 29.0 Å². The molecule has 1 atom stereocenters. The number of nitrogens with zero attached hydrogens (tertiary/aromatic N) is 1. The fourth-order valence-electron chi connectivity index (χ4n) is 4.13.